The Bertz CT molecular complexity index is 263. The third kappa shape index (κ3) is 5.03. The summed E-state index contributed by atoms with van der Waals surface area (Å²) in [6.45, 7) is 9.95. The molecule has 1 rings (SSSR count). The molecule has 2 heteroatoms. The van der Waals surface area contributed by atoms with Crippen molar-refractivity contribution in [2.24, 2.45) is 5.92 Å². The molecule has 0 aliphatic rings. The molecule has 1 aromatic heterocycles. The van der Waals surface area contributed by atoms with E-state index in [0.717, 1.165) is 25.6 Å². The lowest BCUT2D eigenvalue weighted by Gasteiger charge is -2.05. The van der Waals surface area contributed by atoms with Gasteiger partial charge in [-0.3, -0.25) is 0 Å². The van der Waals surface area contributed by atoms with Gasteiger partial charge in [0.1, 0.15) is 0 Å². The van der Waals surface area contributed by atoms with Gasteiger partial charge >= 0.3 is 0 Å². The first-order valence-electron chi connectivity index (χ1n) is 6.07. The van der Waals surface area contributed by atoms with E-state index in [-0.39, 0.29) is 0 Å². The molecule has 0 radical (unpaired) electrons. The van der Waals surface area contributed by atoms with Gasteiger partial charge in [0.25, 0.3) is 0 Å². The van der Waals surface area contributed by atoms with Crippen LogP contribution in [0.2, 0.25) is 0 Å². The zero-order chi connectivity index (χ0) is 11.1. The molecule has 0 aliphatic carbocycles. The number of rotatable bonds is 7. The Labute approximate surface area is 93.7 Å². The molecular weight excluding hydrogens is 184 g/mol. The van der Waals surface area contributed by atoms with Crippen molar-refractivity contribution in [1.29, 1.82) is 0 Å². The van der Waals surface area contributed by atoms with Crippen molar-refractivity contribution in [3.8, 4) is 0 Å². The number of hydrogen-bond acceptors (Lipinski definition) is 1. The van der Waals surface area contributed by atoms with Crippen molar-refractivity contribution in [2.45, 2.75) is 46.7 Å². The first-order valence-corrected chi connectivity index (χ1v) is 6.07. The predicted octanol–water partition coefficient (Wildman–Crippen LogP) is 3.03. The Morgan fingerprint density at radius 3 is 2.87 bits per heavy atom. The quantitative estimate of drug-likeness (QED) is 0.729. The fourth-order valence-corrected chi connectivity index (χ4v) is 1.58. The summed E-state index contributed by atoms with van der Waals surface area (Å²) in [6, 6.07) is 2.21. The van der Waals surface area contributed by atoms with Crippen LogP contribution in [0.5, 0.6) is 0 Å². The lowest BCUT2D eigenvalue weighted by atomic mass is 10.2. The summed E-state index contributed by atoms with van der Waals surface area (Å²) in [5.74, 6) is 0.729. The van der Waals surface area contributed by atoms with Crippen molar-refractivity contribution < 1.29 is 0 Å². The fourth-order valence-electron chi connectivity index (χ4n) is 1.58. The minimum Gasteiger partial charge on any atom is -0.354 e. The molecule has 15 heavy (non-hydrogen) atoms. The Morgan fingerprint density at radius 1 is 1.40 bits per heavy atom. The van der Waals surface area contributed by atoms with Crippen LogP contribution in [-0.2, 0) is 13.1 Å². The lowest BCUT2D eigenvalue weighted by Crippen LogP contribution is -2.18. The summed E-state index contributed by atoms with van der Waals surface area (Å²) in [5, 5.41) is 3.46. The molecule has 2 nitrogen and oxygen atoms in total. The average Bonchev–Trinajstić information content (AvgIpc) is 2.62. The summed E-state index contributed by atoms with van der Waals surface area (Å²) in [7, 11) is 0. The summed E-state index contributed by atoms with van der Waals surface area (Å²) in [5.41, 5.74) is 1.40. The van der Waals surface area contributed by atoms with Gasteiger partial charge in [-0.2, -0.15) is 0 Å². The van der Waals surface area contributed by atoms with E-state index in [9.17, 15) is 0 Å². The first-order chi connectivity index (χ1) is 7.22. The first kappa shape index (κ1) is 12.3. The molecule has 0 atom stereocenters. The van der Waals surface area contributed by atoms with E-state index >= 15 is 0 Å². The van der Waals surface area contributed by atoms with Gasteiger partial charge in [-0.15, -0.1) is 0 Å². The van der Waals surface area contributed by atoms with Crippen molar-refractivity contribution in [1.82, 2.24) is 9.88 Å². The molecule has 0 spiro atoms. The molecular formula is C13H24N2. The van der Waals surface area contributed by atoms with Crippen molar-refractivity contribution in [3.63, 3.8) is 0 Å². The zero-order valence-corrected chi connectivity index (χ0v) is 10.3. The van der Waals surface area contributed by atoms with Crippen LogP contribution in [0.25, 0.3) is 0 Å². The molecule has 0 fully saturated rings. The van der Waals surface area contributed by atoms with E-state index in [1.54, 1.807) is 0 Å². The van der Waals surface area contributed by atoms with Gasteiger partial charge in [0, 0.05) is 25.5 Å². The highest BCUT2D eigenvalue weighted by Crippen LogP contribution is 2.03. The zero-order valence-electron chi connectivity index (χ0n) is 10.3. The normalized spacial score (nSPS) is 11.2. The highest BCUT2D eigenvalue weighted by molar-refractivity contribution is 5.09. The summed E-state index contributed by atoms with van der Waals surface area (Å²) in [6.07, 6.45) is 6.97. The maximum Gasteiger partial charge on any atom is 0.0220 e. The lowest BCUT2D eigenvalue weighted by molar-refractivity contribution is 0.551. The second kappa shape index (κ2) is 6.67. The molecule has 1 heterocycles. The van der Waals surface area contributed by atoms with Crippen LogP contribution >= 0.6 is 0 Å². The van der Waals surface area contributed by atoms with Crippen LogP contribution in [0.4, 0.5) is 0 Å². The SMILES string of the molecule is CCCCn1ccc(CNCC(C)C)c1. The van der Waals surface area contributed by atoms with Gasteiger partial charge in [0.15, 0.2) is 0 Å². The van der Waals surface area contributed by atoms with Gasteiger partial charge in [-0.25, -0.2) is 0 Å². The molecule has 86 valence electrons. The third-order valence-electron chi connectivity index (χ3n) is 2.46. The Kier molecular flexibility index (Phi) is 5.48. The number of nitrogens with zero attached hydrogens (tertiary/aromatic N) is 1. The van der Waals surface area contributed by atoms with E-state index in [0.29, 0.717) is 0 Å². The molecule has 0 bridgehead atoms. The maximum atomic E-state index is 3.46. The Hall–Kier alpha value is -0.760. The summed E-state index contributed by atoms with van der Waals surface area (Å²) < 4.78 is 2.29. The molecule has 0 saturated carbocycles. The molecule has 0 unspecified atom stereocenters. The van der Waals surface area contributed by atoms with Crippen molar-refractivity contribution in [2.75, 3.05) is 6.54 Å². The topological polar surface area (TPSA) is 17.0 Å². The minimum absolute atomic E-state index is 0.729. The second-order valence-electron chi connectivity index (χ2n) is 4.64. The smallest absolute Gasteiger partial charge is 0.0220 e. The van der Waals surface area contributed by atoms with Gasteiger partial charge in [-0.05, 0) is 30.5 Å². The van der Waals surface area contributed by atoms with Crippen LogP contribution < -0.4 is 5.32 Å². The maximum absolute atomic E-state index is 3.46. The summed E-state index contributed by atoms with van der Waals surface area (Å²) >= 11 is 0. The average molecular weight is 208 g/mol. The third-order valence-corrected chi connectivity index (χ3v) is 2.46. The number of aryl methyl sites for hydroxylation is 1. The molecule has 1 aromatic rings. The number of hydrogen-bond donors (Lipinski definition) is 1. The van der Waals surface area contributed by atoms with Crippen LogP contribution in [0.15, 0.2) is 18.5 Å². The van der Waals surface area contributed by atoms with E-state index < -0.39 is 0 Å². The summed E-state index contributed by atoms with van der Waals surface area (Å²) in [4.78, 5) is 0. The number of nitrogens with one attached hydrogen (secondary N) is 1. The predicted molar refractivity (Wildman–Crippen MR) is 65.9 cm³/mol. The van der Waals surface area contributed by atoms with E-state index in [1.807, 2.05) is 0 Å². The number of aromatic nitrogens is 1. The van der Waals surface area contributed by atoms with Crippen LogP contribution in [0.1, 0.15) is 39.2 Å². The highest BCUT2D eigenvalue weighted by Gasteiger charge is 1.97. The fraction of sp³-hybridized carbons (Fsp3) is 0.692. The van der Waals surface area contributed by atoms with Crippen molar-refractivity contribution >= 4 is 0 Å². The Morgan fingerprint density at radius 2 is 2.20 bits per heavy atom. The Balaban J connectivity index is 2.26. The highest BCUT2D eigenvalue weighted by atomic mass is 14.9. The molecule has 0 amide bonds. The van der Waals surface area contributed by atoms with E-state index in [4.69, 9.17) is 0 Å². The van der Waals surface area contributed by atoms with Crippen LogP contribution in [0.3, 0.4) is 0 Å². The standard InChI is InChI=1S/C13H24N2/c1-4-5-7-15-8-6-13(11-15)10-14-9-12(2)3/h6,8,11-12,14H,4-5,7,9-10H2,1-3H3. The van der Waals surface area contributed by atoms with Crippen LogP contribution in [-0.4, -0.2) is 11.1 Å². The van der Waals surface area contributed by atoms with Crippen molar-refractivity contribution in [3.05, 3.63) is 24.0 Å². The monoisotopic (exact) mass is 208 g/mol. The molecule has 0 saturated heterocycles. The number of unbranched alkanes of at least 4 members (excludes halogenated alkanes) is 1. The minimum atomic E-state index is 0.729. The molecule has 0 aromatic carbocycles. The second-order valence-corrected chi connectivity index (χ2v) is 4.64. The van der Waals surface area contributed by atoms with Gasteiger partial charge in [0.05, 0.1) is 0 Å². The van der Waals surface area contributed by atoms with Crippen LogP contribution in [0, 0.1) is 5.92 Å². The van der Waals surface area contributed by atoms with E-state index in [1.165, 1.54) is 18.4 Å². The van der Waals surface area contributed by atoms with Gasteiger partial charge in [0.2, 0.25) is 0 Å². The van der Waals surface area contributed by atoms with E-state index in [2.05, 4.69) is 49.1 Å². The largest absolute Gasteiger partial charge is 0.354 e. The van der Waals surface area contributed by atoms with Gasteiger partial charge < -0.3 is 9.88 Å². The van der Waals surface area contributed by atoms with Gasteiger partial charge in [-0.1, -0.05) is 27.2 Å². The molecule has 1 N–H and O–H groups in total. The molecule has 0 aliphatic heterocycles.